The Morgan fingerprint density at radius 1 is 1.42 bits per heavy atom. The van der Waals surface area contributed by atoms with E-state index in [2.05, 4.69) is 28.2 Å². The Balaban J connectivity index is 2.98. The van der Waals surface area contributed by atoms with Crippen molar-refractivity contribution >= 4 is 39.3 Å². The third-order valence-electron chi connectivity index (χ3n) is 2.33. The van der Waals surface area contributed by atoms with E-state index in [1.165, 1.54) is 0 Å². The predicted molar refractivity (Wildman–Crippen MR) is 83.0 cm³/mol. The van der Waals surface area contributed by atoms with E-state index in [4.69, 9.17) is 16.3 Å². The van der Waals surface area contributed by atoms with E-state index >= 15 is 0 Å². The molecule has 1 aromatic rings. The highest BCUT2D eigenvalue weighted by Crippen LogP contribution is 2.34. The fraction of sp³-hybridized carbons (Fsp3) is 0.500. The highest BCUT2D eigenvalue weighted by atomic mass is 79.9. The molecule has 0 atom stereocenters. The molecule has 1 N–H and O–H groups in total. The smallest absolute Gasteiger partial charge is 0.412 e. The average molecular weight is 349 g/mol. The van der Waals surface area contributed by atoms with Crippen LogP contribution in [0, 0.1) is 0 Å². The fourth-order valence-electron chi connectivity index (χ4n) is 1.61. The second-order valence-corrected chi connectivity index (χ2v) is 6.50. The van der Waals surface area contributed by atoms with Gasteiger partial charge in [-0.3, -0.25) is 5.32 Å². The summed E-state index contributed by atoms with van der Waals surface area (Å²) >= 11 is 9.59. The molecule has 0 aromatic heterocycles. The van der Waals surface area contributed by atoms with E-state index in [1.807, 2.05) is 32.9 Å². The zero-order valence-corrected chi connectivity index (χ0v) is 14.0. The van der Waals surface area contributed by atoms with Crippen molar-refractivity contribution in [2.75, 3.05) is 5.32 Å². The standard InChI is InChI=1S/C14H19BrClNO2/c1-5-6-9-7-8-10(15)11(16)12(9)17-13(18)19-14(2,3)4/h7-8H,5-6H2,1-4H3,(H,17,18). The van der Waals surface area contributed by atoms with Gasteiger partial charge in [-0.25, -0.2) is 4.79 Å². The number of aryl methyl sites for hydroxylation is 1. The maximum Gasteiger partial charge on any atom is 0.412 e. The minimum Gasteiger partial charge on any atom is -0.444 e. The highest BCUT2D eigenvalue weighted by molar-refractivity contribution is 9.10. The van der Waals surface area contributed by atoms with Crippen LogP contribution >= 0.6 is 27.5 Å². The van der Waals surface area contributed by atoms with Gasteiger partial charge in [-0.05, 0) is 54.8 Å². The van der Waals surface area contributed by atoms with Crippen LogP contribution in [0.1, 0.15) is 39.7 Å². The van der Waals surface area contributed by atoms with Crippen LogP contribution in [0.25, 0.3) is 0 Å². The normalized spacial score (nSPS) is 11.3. The third-order valence-corrected chi connectivity index (χ3v) is 3.61. The van der Waals surface area contributed by atoms with E-state index in [0.29, 0.717) is 10.7 Å². The molecule has 0 saturated heterocycles. The minimum absolute atomic E-state index is 0.496. The predicted octanol–water partition coefficient (Wildman–Crippen LogP) is 5.40. The number of rotatable bonds is 3. The molecule has 0 radical (unpaired) electrons. The molecule has 0 saturated carbocycles. The van der Waals surface area contributed by atoms with Crippen molar-refractivity contribution in [3.8, 4) is 0 Å². The van der Waals surface area contributed by atoms with Gasteiger partial charge in [0.2, 0.25) is 0 Å². The Morgan fingerprint density at radius 3 is 2.58 bits per heavy atom. The van der Waals surface area contributed by atoms with Gasteiger partial charge in [-0.15, -0.1) is 0 Å². The number of anilines is 1. The molecule has 0 aliphatic rings. The van der Waals surface area contributed by atoms with Gasteiger partial charge < -0.3 is 4.74 Å². The van der Waals surface area contributed by atoms with Gasteiger partial charge in [0.1, 0.15) is 5.60 Å². The zero-order valence-electron chi connectivity index (χ0n) is 11.6. The highest BCUT2D eigenvalue weighted by Gasteiger charge is 2.19. The van der Waals surface area contributed by atoms with Crippen molar-refractivity contribution in [2.24, 2.45) is 0 Å². The molecule has 106 valence electrons. The number of carbonyl (C=O) groups excluding carboxylic acids is 1. The first-order valence-electron chi connectivity index (χ1n) is 6.21. The molecule has 0 spiro atoms. The Bertz CT molecular complexity index is 469. The van der Waals surface area contributed by atoms with Crippen LogP contribution in [0.2, 0.25) is 5.02 Å². The van der Waals surface area contributed by atoms with Gasteiger partial charge in [-0.2, -0.15) is 0 Å². The Hall–Kier alpha value is -0.740. The summed E-state index contributed by atoms with van der Waals surface area (Å²) in [4.78, 5) is 11.8. The van der Waals surface area contributed by atoms with Crippen molar-refractivity contribution in [3.63, 3.8) is 0 Å². The van der Waals surface area contributed by atoms with Crippen molar-refractivity contribution in [3.05, 3.63) is 27.2 Å². The van der Waals surface area contributed by atoms with Crippen molar-refractivity contribution in [2.45, 2.75) is 46.1 Å². The lowest BCUT2D eigenvalue weighted by molar-refractivity contribution is 0.0636. The molecule has 0 aliphatic heterocycles. The first-order chi connectivity index (χ1) is 8.74. The summed E-state index contributed by atoms with van der Waals surface area (Å²) in [7, 11) is 0. The number of hydrogen-bond acceptors (Lipinski definition) is 2. The molecule has 1 aromatic carbocycles. The Labute approximate surface area is 127 Å². The lowest BCUT2D eigenvalue weighted by atomic mass is 10.1. The molecule has 0 fully saturated rings. The van der Waals surface area contributed by atoms with Crippen LogP contribution in [0.5, 0.6) is 0 Å². The molecule has 0 bridgehead atoms. The van der Waals surface area contributed by atoms with Gasteiger partial charge >= 0.3 is 6.09 Å². The van der Waals surface area contributed by atoms with E-state index < -0.39 is 11.7 Å². The van der Waals surface area contributed by atoms with E-state index in [1.54, 1.807) is 0 Å². The van der Waals surface area contributed by atoms with Crippen molar-refractivity contribution in [1.82, 2.24) is 0 Å². The van der Waals surface area contributed by atoms with Gasteiger partial charge in [0.05, 0.1) is 10.7 Å². The first kappa shape index (κ1) is 16.3. The molecule has 0 heterocycles. The number of carbonyl (C=O) groups is 1. The number of hydrogen-bond donors (Lipinski definition) is 1. The lowest BCUT2D eigenvalue weighted by Crippen LogP contribution is -2.27. The molecule has 19 heavy (non-hydrogen) atoms. The summed E-state index contributed by atoms with van der Waals surface area (Å²) in [5, 5.41) is 3.23. The summed E-state index contributed by atoms with van der Waals surface area (Å²) in [6.45, 7) is 7.54. The average Bonchev–Trinajstić information content (AvgIpc) is 2.26. The van der Waals surface area contributed by atoms with Gasteiger partial charge in [0.15, 0.2) is 0 Å². The fourth-order valence-corrected chi connectivity index (χ4v) is 2.17. The quantitative estimate of drug-likeness (QED) is 0.794. The van der Waals surface area contributed by atoms with Crippen molar-refractivity contribution < 1.29 is 9.53 Å². The summed E-state index contributed by atoms with van der Waals surface area (Å²) in [6.07, 6.45) is 1.32. The van der Waals surface area contributed by atoms with E-state index in [9.17, 15) is 4.79 Å². The van der Waals surface area contributed by atoms with Crippen molar-refractivity contribution in [1.29, 1.82) is 0 Å². The number of amides is 1. The second-order valence-electron chi connectivity index (χ2n) is 5.27. The number of benzene rings is 1. The lowest BCUT2D eigenvalue weighted by Gasteiger charge is -2.21. The second kappa shape index (κ2) is 6.62. The summed E-state index contributed by atoms with van der Waals surface area (Å²) < 4.78 is 6.00. The maximum absolute atomic E-state index is 11.8. The van der Waals surface area contributed by atoms with Crippen LogP contribution in [0.3, 0.4) is 0 Å². The van der Waals surface area contributed by atoms with Crippen LogP contribution in [-0.4, -0.2) is 11.7 Å². The molecular formula is C14H19BrClNO2. The third kappa shape index (κ3) is 5.03. The number of halogens is 2. The van der Waals surface area contributed by atoms with E-state index in [0.717, 1.165) is 22.9 Å². The Kier molecular flexibility index (Phi) is 5.68. The summed E-state index contributed by atoms with van der Waals surface area (Å²) in [5.41, 5.74) is 1.08. The van der Waals surface area contributed by atoms with Gasteiger partial charge in [0.25, 0.3) is 0 Å². The number of ether oxygens (including phenoxy) is 1. The van der Waals surface area contributed by atoms with Crippen LogP contribution in [0.15, 0.2) is 16.6 Å². The largest absolute Gasteiger partial charge is 0.444 e. The first-order valence-corrected chi connectivity index (χ1v) is 7.38. The summed E-state index contributed by atoms with van der Waals surface area (Å²) in [5.74, 6) is 0. The molecule has 0 aliphatic carbocycles. The van der Waals surface area contributed by atoms with Gasteiger partial charge in [0, 0.05) is 4.47 Å². The number of nitrogens with one attached hydrogen (secondary N) is 1. The monoisotopic (exact) mass is 347 g/mol. The summed E-state index contributed by atoms with van der Waals surface area (Å²) in [6, 6.07) is 3.83. The van der Waals surface area contributed by atoms with E-state index in [-0.39, 0.29) is 0 Å². The molecule has 3 nitrogen and oxygen atoms in total. The molecule has 5 heteroatoms. The Morgan fingerprint density at radius 2 is 2.05 bits per heavy atom. The molecule has 1 amide bonds. The minimum atomic E-state index is -0.534. The molecular weight excluding hydrogens is 330 g/mol. The van der Waals surface area contributed by atoms with Crippen LogP contribution in [0.4, 0.5) is 10.5 Å². The maximum atomic E-state index is 11.8. The SMILES string of the molecule is CCCc1ccc(Br)c(Cl)c1NC(=O)OC(C)(C)C. The van der Waals surface area contributed by atoms with Crippen LogP contribution < -0.4 is 5.32 Å². The topological polar surface area (TPSA) is 38.3 Å². The molecule has 1 rings (SSSR count). The molecule has 0 unspecified atom stereocenters. The zero-order chi connectivity index (χ0) is 14.6. The van der Waals surface area contributed by atoms with Gasteiger partial charge in [-0.1, -0.05) is 31.0 Å². The van der Waals surface area contributed by atoms with Crippen LogP contribution in [-0.2, 0) is 11.2 Å².